The van der Waals surface area contributed by atoms with Crippen LogP contribution in [0.25, 0.3) is 0 Å². The van der Waals surface area contributed by atoms with Crippen LogP contribution >= 0.6 is 0 Å². The molecule has 0 bridgehead atoms. The lowest BCUT2D eigenvalue weighted by Gasteiger charge is -2.24. The fraction of sp³-hybridized carbons (Fsp3) is 0.400. The van der Waals surface area contributed by atoms with Gasteiger partial charge in [-0.05, 0) is 38.3 Å². The van der Waals surface area contributed by atoms with Crippen LogP contribution in [0.5, 0.6) is 0 Å². The van der Waals surface area contributed by atoms with E-state index in [1.165, 1.54) is 0 Å². The van der Waals surface area contributed by atoms with E-state index in [2.05, 4.69) is 0 Å². The number of amides is 3. The number of carbonyl (C=O) groups excluding carboxylic acids is 4. The van der Waals surface area contributed by atoms with Gasteiger partial charge in [-0.1, -0.05) is 31.0 Å². The van der Waals surface area contributed by atoms with Crippen molar-refractivity contribution in [3.8, 4) is 0 Å². The molecule has 0 aliphatic carbocycles. The molecule has 0 atom stereocenters. The Morgan fingerprint density at radius 3 is 2.04 bits per heavy atom. The van der Waals surface area contributed by atoms with Gasteiger partial charge in [0.2, 0.25) is 24.0 Å². The third-order valence-corrected chi connectivity index (χ3v) is 4.03. The number of benzene rings is 1. The maximum atomic E-state index is 13.2. The Morgan fingerprint density at radius 1 is 1.07 bits per heavy atom. The first kappa shape index (κ1) is 22.1. The number of hydrogen-bond acceptors (Lipinski definition) is 4. The predicted molar refractivity (Wildman–Crippen MR) is 103 cm³/mol. The van der Waals surface area contributed by atoms with Gasteiger partial charge < -0.3 is 16.4 Å². The Labute approximate surface area is 159 Å². The molecule has 0 unspecified atom stereocenters. The van der Waals surface area contributed by atoms with E-state index in [-0.39, 0.29) is 36.6 Å². The SMILES string of the molecule is Cc1cc(C)cc(C(=O)/C(=C(/C(N)=O)C(C)C)N(C=O)CCCC(N)=O)c1. The Morgan fingerprint density at radius 2 is 1.63 bits per heavy atom. The molecule has 27 heavy (non-hydrogen) atoms. The van der Waals surface area contributed by atoms with Crippen LogP contribution < -0.4 is 11.5 Å². The number of rotatable bonds is 10. The van der Waals surface area contributed by atoms with Gasteiger partial charge in [0, 0.05) is 24.1 Å². The summed E-state index contributed by atoms with van der Waals surface area (Å²) in [7, 11) is 0. The van der Waals surface area contributed by atoms with Crippen molar-refractivity contribution in [1.82, 2.24) is 4.90 Å². The number of hydrogen-bond donors (Lipinski definition) is 2. The van der Waals surface area contributed by atoms with Gasteiger partial charge in [-0.15, -0.1) is 0 Å². The minimum atomic E-state index is -0.764. The van der Waals surface area contributed by atoms with Crippen LogP contribution in [0.1, 0.15) is 48.2 Å². The summed E-state index contributed by atoms with van der Waals surface area (Å²) in [6.45, 7) is 7.23. The molecule has 0 aliphatic rings. The predicted octanol–water partition coefficient (Wildman–Crippen LogP) is 1.61. The molecule has 0 saturated carbocycles. The molecule has 1 aromatic rings. The van der Waals surface area contributed by atoms with E-state index in [0.717, 1.165) is 16.0 Å². The van der Waals surface area contributed by atoms with Crippen molar-refractivity contribution in [2.75, 3.05) is 6.54 Å². The molecule has 0 aromatic heterocycles. The first-order chi connectivity index (χ1) is 12.6. The van der Waals surface area contributed by atoms with E-state index < -0.39 is 17.6 Å². The fourth-order valence-electron chi connectivity index (χ4n) is 2.97. The number of allylic oxidation sites excluding steroid dienone is 1. The number of Topliss-reactive ketones (excluding diaryl/α,β-unsaturated/α-hetero) is 1. The Bertz CT molecular complexity index is 761. The van der Waals surface area contributed by atoms with Crippen molar-refractivity contribution in [3.63, 3.8) is 0 Å². The number of nitrogens with two attached hydrogens (primary N) is 2. The molecule has 0 heterocycles. The zero-order valence-electron chi connectivity index (χ0n) is 16.2. The monoisotopic (exact) mass is 373 g/mol. The largest absolute Gasteiger partial charge is 0.370 e. The number of carbonyl (C=O) groups is 4. The number of primary amides is 2. The van der Waals surface area contributed by atoms with Crippen molar-refractivity contribution in [2.45, 2.75) is 40.5 Å². The summed E-state index contributed by atoms with van der Waals surface area (Å²) in [6.07, 6.45) is 0.799. The van der Waals surface area contributed by atoms with Gasteiger partial charge in [0.05, 0.1) is 0 Å². The molecule has 7 heteroatoms. The summed E-state index contributed by atoms with van der Waals surface area (Å²) in [5, 5.41) is 0. The van der Waals surface area contributed by atoms with E-state index in [0.29, 0.717) is 12.0 Å². The number of ketones is 1. The smallest absolute Gasteiger partial charge is 0.247 e. The normalized spacial score (nSPS) is 11.7. The summed E-state index contributed by atoms with van der Waals surface area (Å²) >= 11 is 0. The third kappa shape index (κ3) is 6.06. The highest BCUT2D eigenvalue weighted by Crippen LogP contribution is 2.23. The highest BCUT2D eigenvalue weighted by Gasteiger charge is 2.28. The third-order valence-electron chi connectivity index (χ3n) is 4.03. The molecule has 0 saturated heterocycles. The lowest BCUT2D eigenvalue weighted by molar-refractivity contribution is -0.120. The van der Waals surface area contributed by atoms with Crippen molar-refractivity contribution < 1.29 is 19.2 Å². The van der Waals surface area contributed by atoms with E-state index in [4.69, 9.17) is 11.5 Å². The first-order valence-corrected chi connectivity index (χ1v) is 8.75. The van der Waals surface area contributed by atoms with Crippen LogP contribution in [0, 0.1) is 19.8 Å². The average Bonchev–Trinajstić information content (AvgIpc) is 2.54. The van der Waals surface area contributed by atoms with E-state index >= 15 is 0 Å². The molecule has 3 amide bonds. The topological polar surface area (TPSA) is 124 Å². The summed E-state index contributed by atoms with van der Waals surface area (Å²) < 4.78 is 0. The van der Waals surface area contributed by atoms with Crippen molar-refractivity contribution in [1.29, 1.82) is 0 Å². The zero-order chi connectivity index (χ0) is 20.7. The van der Waals surface area contributed by atoms with Gasteiger partial charge in [0.15, 0.2) is 0 Å². The molecular formula is C20H27N3O4. The zero-order valence-corrected chi connectivity index (χ0v) is 16.2. The van der Waals surface area contributed by atoms with Crippen molar-refractivity contribution in [2.24, 2.45) is 17.4 Å². The second-order valence-electron chi connectivity index (χ2n) is 6.86. The van der Waals surface area contributed by atoms with Crippen LogP contribution in [-0.4, -0.2) is 35.5 Å². The van der Waals surface area contributed by atoms with Crippen LogP contribution in [0.2, 0.25) is 0 Å². The fourth-order valence-corrected chi connectivity index (χ4v) is 2.97. The minimum absolute atomic E-state index is 0.0537. The van der Waals surface area contributed by atoms with Gasteiger partial charge >= 0.3 is 0 Å². The standard InChI is InChI=1S/C20H27N3O4/c1-12(2)17(20(22)27)18(23(11-24)7-5-6-16(21)25)19(26)15-9-13(3)8-14(4)10-15/h8-12H,5-7H2,1-4H3,(H2,21,25)(H2,22,27)/b18-17-. The summed E-state index contributed by atoms with van der Waals surface area (Å²) in [6, 6.07) is 5.31. The second-order valence-corrected chi connectivity index (χ2v) is 6.86. The highest BCUT2D eigenvalue weighted by molar-refractivity contribution is 6.14. The molecule has 7 nitrogen and oxygen atoms in total. The van der Waals surface area contributed by atoms with Gasteiger partial charge in [-0.25, -0.2) is 0 Å². The summed E-state index contributed by atoms with van der Waals surface area (Å²) in [4.78, 5) is 49.1. The summed E-state index contributed by atoms with van der Waals surface area (Å²) in [5.74, 6) is -2.10. The molecule has 146 valence electrons. The van der Waals surface area contributed by atoms with Gasteiger partial charge in [0.25, 0.3) is 0 Å². The number of aryl methyl sites for hydroxylation is 2. The lowest BCUT2D eigenvalue weighted by Crippen LogP contribution is -2.34. The molecule has 0 aliphatic heterocycles. The van der Waals surface area contributed by atoms with Crippen LogP contribution in [-0.2, 0) is 14.4 Å². The minimum Gasteiger partial charge on any atom is -0.370 e. The molecule has 0 radical (unpaired) electrons. The second kappa shape index (κ2) is 9.66. The lowest BCUT2D eigenvalue weighted by atomic mass is 9.93. The van der Waals surface area contributed by atoms with E-state index in [1.807, 2.05) is 19.9 Å². The van der Waals surface area contributed by atoms with Gasteiger partial charge in [-0.2, -0.15) is 0 Å². The van der Waals surface area contributed by atoms with Gasteiger partial charge in [0.1, 0.15) is 5.70 Å². The van der Waals surface area contributed by atoms with Crippen LogP contribution in [0.15, 0.2) is 29.5 Å². The van der Waals surface area contributed by atoms with E-state index in [1.54, 1.807) is 26.0 Å². The Hall–Kier alpha value is -2.96. The Kier molecular flexibility index (Phi) is 7.90. The molecule has 0 fully saturated rings. The maximum absolute atomic E-state index is 13.2. The molecule has 4 N–H and O–H groups in total. The van der Waals surface area contributed by atoms with Crippen LogP contribution in [0.3, 0.4) is 0 Å². The Balaban J connectivity index is 3.50. The first-order valence-electron chi connectivity index (χ1n) is 8.75. The molecule has 1 aromatic carbocycles. The quantitative estimate of drug-likeness (QED) is 0.367. The van der Waals surface area contributed by atoms with Crippen molar-refractivity contribution >= 4 is 24.0 Å². The highest BCUT2D eigenvalue weighted by atomic mass is 16.2. The number of nitrogens with zero attached hydrogens (tertiary/aromatic N) is 1. The molecular weight excluding hydrogens is 346 g/mol. The van der Waals surface area contributed by atoms with Crippen LogP contribution in [0.4, 0.5) is 0 Å². The van der Waals surface area contributed by atoms with Crippen molar-refractivity contribution in [3.05, 3.63) is 46.2 Å². The van der Waals surface area contributed by atoms with Gasteiger partial charge in [-0.3, -0.25) is 19.2 Å². The maximum Gasteiger partial charge on any atom is 0.247 e. The van der Waals surface area contributed by atoms with E-state index in [9.17, 15) is 19.2 Å². The molecule has 1 rings (SSSR count). The average molecular weight is 373 g/mol. The summed E-state index contributed by atoms with van der Waals surface area (Å²) in [5.41, 5.74) is 12.8. The molecule has 0 spiro atoms.